The molecule has 0 bridgehead atoms. The molecule has 3 aromatic rings. The van der Waals surface area contributed by atoms with Gasteiger partial charge in [-0.15, -0.1) is 0 Å². The summed E-state index contributed by atoms with van der Waals surface area (Å²) in [7, 11) is 0. The Morgan fingerprint density at radius 2 is 2.05 bits per heavy atom. The number of aryl methyl sites for hydroxylation is 2. The van der Waals surface area contributed by atoms with Crippen LogP contribution < -0.4 is 0 Å². The highest BCUT2D eigenvalue weighted by Crippen LogP contribution is 2.29. The van der Waals surface area contributed by atoms with Gasteiger partial charge in [-0.2, -0.15) is 0 Å². The average Bonchev–Trinajstić information content (AvgIpc) is 2.74. The SMILES string of the molecule is Cc1ccc2nc(Sc3ncc(Br)cc3C)[nH]c2c1. The van der Waals surface area contributed by atoms with Gasteiger partial charge in [0.1, 0.15) is 5.03 Å². The summed E-state index contributed by atoms with van der Waals surface area (Å²) in [5.74, 6) is 0. The highest BCUT2D eigenvalue weighted by Gasteiger charge is 2.08. The second-order valence-electron chi connectivity index (χ2n) is 4.44. The molecule has 96 valence electrons. The fourth-order valence-corrected chi connectivity index (χ4v) is 3.13. The van der Waals surface area contributed by atoms with Crippen molar-refractivity contribution in [1.29, 1.82) is 0 Å². The van der Waals surface area contributed by atoms with Gasteiger partial charge in [-0.1, -0.05) is 6.07 Å². The lowest BCUT2D eigenvalue weighted by molar-refractivity contribution is 1.03. The maximum atomic E-state index is 4.57. The van der Waals surface area contributed by atoms with Crippen molar-refractivity contribution in [3.8, 4) is 0 Å². The lowest BCUT2D eigenvalue weighted by atomic mass is 10.2. The van der Waals surface area contributed by atoms with E-state index in [2.05, 4.69) is 56.0 Å². The number of H-pyrrole nitrogens is 1. The molecule has 0 aliphatic carbocycles. The van der Waals surface area contributed by atoms with E-state index in [-0.39, 0.29) is 0 Å². The molecule has 0 saturated heterocycles. The van der Waals surface area contributed by atoms with Crippen molar-refractivity contribution in [2.24, 2.45) is 0 Å². The van der Waals surface area contributed by atoms with Crippen molar-refractivity contribution in [3.05, 3.63) is 46.1 Å². The first-order valence-corrected chi connectivity index (χ1v) is 7.49. The molecular weight excluding hydrogens is 322 g/mol. The summed E-state index contributed by atoms with van der Waals surface area (Å²) in [5.41, 5.74) is 4.42. The molecule has 5 heteroatoms. The van der Waals surface area contributed by atoms with Crippen LogP contribution in [0.25, 0.3) is 11.0 Å². The Hall–Kier alpha value is -1.33. The molecule has 0 aliphatic heterocycles. The molecule has 0 radical (unpaired) electrons. The molecule has 3 rings (SSSR count). The van der Waals surface area contributed by atoms with E-state index in [1.54, 1.807) is 11.8 Å². The normalized spacial score (nSPS) is 11.1. The summed E-state index contributed by atoms with van der Waals surface area (Å²) >= 11 is 4.98. The fourth-order valence-electron chi connectivity index (χ4n) is 1.87. The monoisotopic (exact) mass is 333 g/mol. The topological polar surface area (TPSA) is 41.6 Å². The van der Waals surface area contributed by atoms with Gasteiger partial charge in [-0.3, -0.25) is 0 Å². The summed E-state index contributed by atoms with van der Waals surface area (Å²) < 4.78 is 0.995. The van der Waals surface area contributed by atoms with E-state index >= 15 is 0 Å². The van der Waals surface area contributed by atoms with Crippen LogP contribution in [0.3, 0.4) is 0 Å². The molecule has 2 heterocycles. The Bertz CT molecular complexity index is 752. The van der Waals surface area contributed by atoms with Crippen LogP contribution in [0.5, 0.6) is 0 Å². The number of imidazole rings is 1. The van der Waals surface area contributed by atoms with Gasteiger partial charge < -0.3 is 4.98 Å². The van der Waals surface area contributed by atoms with Crippen LogP contribution in [0.15, 0.2) is 45.1 Å². The standard InChI is InChI=1S/C14H12BrN3S/c1-8-3-4-11-12(5-8)18-14(17-11)19-13-9(2)6-10(15)7-16-13/h3-7H,1-2H3,(H,17,18). The Morgan fingerprint density at radius 3 is 2.84 bits per heavy atom. The van der Waals surface area contributed by atoms with Gasteiger partial charge >= 0.3 is 0 Å². The Labute approximate surface area is 124 Å². The molecule has 19 heavy (non-hydrogen) atoms. The molecule has 0 atom stereocenters. The van der Waals surface area contributed by atoms with E-state index < -0.39 is 0 Å². The van der Waals surface area contributed by atoms with E-state index in [9.17, 15) is 0 Å². The van der Waals surface area contributed by atoms with Crippen molar-refractivity contribution in [1.82, 2.24) is 15.0 Å². The lowest BCUT2D eigenvalue weighted by Gasteiger charge is -2.01. The van der Waals surface area contributed by atoms with Crippen molar-refractivity contribution in [2.75, 3.05) is 0 Å². The number of hydrogen-bond acceptors (Lipinski definition) is 3. The van der Waals surface area contributed by atoms with Crippen LogP contribution in [0.2, 0.25) is 0 Å². The van der Waals surface area contributed by atoms with E-state index in [0.29, 0.717) is 0 Å². The molecule has 2 aromatic heterocycles. The first-order valence-electron chi connectivity index (χ1n) is 5.88. The number of pyridine rings is 1. The van der Waals surface area contributed by atoms with Crippen molar-refractivity contribution in [2.45, 2.75) is 24.0 Å². The molecule has 0 amide bonds. The van der Waals surface area contributed by atoms with Crippen molar-refractivity contribution < 1.29 is 0 Å². The number of aromatic nitrogens is 3. The zero-order valence-corrected chi connectivity index (χ0v) is 13.0. The van der Waals surface area contributed by atoms with Crippen molar-refractivity contribution >= 4 is 38.7 Å². The maximum Gasteiger partial charge on any atom is 0.172 e. The third kappa shape index (κ3) is 2.67. The van der Waals surface area contributed by atoms with Crippen LogP contribution in [0, 0.1) is 13.8 Å². The van der Waals surface area contributed by atoms with E-state index in [4.69, 9.17) is 0 Å². The number of aromatic amines is 1. The van der Waals surface area contributed by atoms with Gasteiger partial charge in [-0.25, -0.2) is 9.97 Å². The van der Waals surface area contributed by atoms with Crippen LogP contribution in [-0.4, -0.2) is 15.0 Å². The van der Waals surface area contributed by atoms with Gasteiger partial charge in [0.15, 0.2) is 5.16 Å². The highest BCUT2D eigenvalue weighted by atomic mass is 79.9. The number of fused-ring (bicyclic) bond motifs is 1. The molecule has 0 saturated carbocycles. The molecular formula is C14H12BrN3S. The third-order valence-corrected chi connectivity index (χ3v) is 4.25. The summed E-state index contributed by atoms with van der Waals surface area (Å²) in [6.45, 7) is 4.13. The van der Waals surface area contributed by atoms with Crippen LogP contribution in [-0.2, 0) is 0 Å². The van der Waals surface area contributed by atoms with Crippen molar-refractivity contribution in [3.63, 3.8) is 0 Å². The smallest absolute Gasteiger partial charge is 0.172 e. The zero-order chi connectivity index (χ0) is 13.4. The predicted molar refractivity (Wildman–Crippen MR) is 81.6 cm³/mol. The molecule has 0 spiro atoms. The second kappa shape index (κ2) is 4.98. The minimum Gasteiger partial charge on any atom is -0.333 e. The van der Waals surface area contributed by atoms with Crippen LogP contribution >= 0.6 is 27.7 Å². The predicted octanol–water partition coefficient (Wildman–Crippen LogP) is 4.49. The van der Waals surface area contributed by atoms with Gasteiger partial charge in [-0.05, 0) is 70.9 Å². The van der Waals surface area contributed by atoms with Gasteiger partial charge in [0, 0.05) is 10.7 Å². The van der Waals surface area contributed by atoms with E-state index in [0.717, 1.165) is 31.3 Å². The largest absolute Gasteiger partial charge is 0.333 e. The summed E-state index contributed by atoms with van der Waals surface area (Å²) in [5, 5.41) is 1.84. The number of nitrogens with one attached hydrogen (secondary N) is 1. The van der Waals surface area contributed by atoms with Gasteiger partial charge in [0.25, 0.3) is 0 Å². The summed E-state index contributed by atoms with van der Waals surface area (Å²) in [6.07, 6.45) is 1.81. The quantitative estimate of drug-likeness (QED) is 0.751. The molecule has 0 unspecified atom stereocenters. The lowest BCUT2D eigenvalue weighted by Crippen LogP contribution is -1.86. The number of halogens is 1. The molecule has 3 nitrogen and oxygen atoms in total. The number of nitrogens with zero attached hydrogens (tertiary/aromatic N) is 2. The van der Waals surface area contributed by atoms with E-state index in [1.807, 2.05) is 19.2 Å². The number of rotatable bonds is 2. The Balaban J connectivity index is 1.96. The minimum absolute atomic E-state index is 0.874. The first kappa shape index (κ1) is 12.7. The number of hydrogen-bond donors (Lipinski definition) is 1. The average molecular weight is 334 g/mol. The van der Waals surface area contributed by atoms with Crippen LogP contribution in [0.1, 0.15) is 11.1 Å². The molecule has 1 N–H and O–H groups in total. The van der Waals surface area contributed by atoms with Gasteiger partial charge in [0.2, 0.25) is 0 Å². The summed E-state index contributed by atoms with van der Waals surface area (Å²) in [6, 6.07) is 8.27. The third-order valence-electron chi connectivity index (χ3n) is 2.81. The minimum atomic E-state index is 0.874. The molecule has 1 aromatic carbocycles. The number of benzene rings is 1. The second-order valence-corrected chi connectivity index (χ2v) is 6.33. The fraction of sp³-hybridized carbons (Fsp3) is 0.143. The van der Waals surface area contributed by atoms with Gasteiger partial charge in [0.05, 0.1) is 11.0 Å². The van der Waals surface area contributed by atoms with E-state index in [1.165, 1.54) is 5.56 Å². The first-order chi connectivity index (χ1) is 9.11. The van der Waals surface area contributed by atoms with Crippen LogP contribution in [0.4, 0.5) is 0 Å². The zero-order valence-electron chi connectivity index (χ0n) is 10.6. The Kier molecular flexibility index (Phi) is 3.33. The Morgan fingerprint density at radius 1 is 1.21 bits per heavy atom. The molecule has 0 aliphatic rings. The summed E-state index contributed by atoms with van der Waals surface area (Å²) in [4.78, 5) is 12.3. The molecule has 0 fully saturated rings. The maximum absolute atomic E-state index is 4.57. The highest BCUT2D eigenvalue weighted by molar-refractivity contribution is 9.10.